The van der Waals surface area contributed by atoms with Gasteiger partial charge in [0.05, 0.1) is 19.6 Å². The van der Waals surface area contributed by atoms with Crippen molar-refractivity contribution in [2.75, 3.05) is 26.2 Å². The van der Waals surface area contributed by atoms with Crippen LogP contribution < -0.4 is 0 Å². The Hall–Kier alpha value is -0.870. The lowest BCUT2D eigenvalue weighted by molar-refractivity contribution is -0.933. The van der Waals surface area contributed by atoms with Crippen molar-refractivity contribution in [2.45, 2.75) is 71.8 Å². The minimum Gasteiger partial charge on any atom is -0.481 e. The van der Waals surface area contributed by atoms with Crippen molar-refractivity contribution in [2.24, 2.45) is 5.92 Å². The summed E-state index contributed by atoms with van der Waals surface area (Å²) in [6.07, 6.45) is 8.11. The fraction of sp³-hybridized carbons (Fsp3) is 0.842. The van der Waals surface area contributed by atoms with E-state index in [1.807, 2.05) is 13.0 Å². The van der Waals surface area contributed by atoms with E-state index in [1.165, 1.54) is 0 Å². The largest absolute Gasteiger partial charge is 0.481 e. The van der Waals surface area contributed by atoms with Gasteiger partial charge in [-0.05, 0) is 38.5 Å². The average Bonchev–Trinajstić information content (AvgIpc) is 2.49. The molecule has 0 heterocycles. The number of aliphatic hydroxyl groups excluding tert-OH is 1. The number of hydrogen-bond acceptors (Lipinski definition) is 2. The number of aliphatic hydroxyl groups is 1. The van der Waals surface area contributed by atoms with E-state index in [4.69, 9.17) is 0 Å². The van der Waals surface area contributed by atoms with Crippen LogP contribution in [0.1, 0.15) is 65.7 Å². The second-order valence-electron chi connectivity index (χ2n) is 6.82. The van der Waals surface area contributed by atoms with Crippen molar-refractivity contribution in [3.8, 4) is 0 Å². The normalized spacial score (nSPS) is 14.4. The number of carboxylic acids is 1. The van der Waals surface area contributed by atoms with Crippen LogP contribution in [0.4, 0.5) is 0 Å². The Balaban J connectivity index is 4.87. The molecule has 0 saturated carbocycles. The molecule has 0 rings (SSSR count). The predicted octanol–water partition coefficient (Wildman–Crippen LogP) is 3.84. The molecule has 0 saturated heterocycles. The van der Waals surface area contributed by atoms with E-state index in [1.54, 1.807) is 0 Å². The predicted molar refractivity (Wildman–Crippen MR) is 96.4 cm³/mol. The van der Waals surface area contributed by atoms with E-state index in [0.29, 0.717) is 19.5 Å². The van der Waals surface area contributed by atoms with Gasteiger partial charge in [0, 0.05) is 0 Å². The van der Waals surface area contributed by atoms with Gasteiger partial charge in [-0.3, -0.25) is 4.79 Å². The second-order valence-corrected chi connectivity index (χ2v) is 6.82. The molecule has 4 nitrogen and oxygen atoms in total. The number of rotatable bonds is 15. The van der Waals surface area contributed by atoms with E-state index in [0.717, 1.165) is 56.1 Å². The molecule has 0 aliphatic carbocycles. The fourth-order valence-electron chi connectivity index (χ4n) is 3.56. The van der Waals surface area contributed by atoms with Crippen LogP contribution >= 0.6 is 0 Å². The average molecular weight is 329 g/mol. The van der Waals surface area contributed by atoms with Crippen LogP contribution in [-0.2, 0) is 4.79 Å². The topological polar surface area (TPSA) is 57.5 Å². The quantitative estimate of drug-likeness (QED) is 0.273. The summed E-state index contributed by atoms with van der Waals surface area (Å²) in [4.78, 5) is 11.5. The van der Waals surface area contributed by atoms with Gasteiger partial charge in [-0.2, -0.15) is 0 Å². The standard InChI is InChI=1S/C19H37NO3/c1-5-9-10-11-12-18(21)16-20(13-6-2,14-7-3)15-17(8-4)19(22)23/h5,17-18,21H,1,6-16H2,2-4H3/p+1. The number of aliphatic carboxylic acids is 1. The molecule has 23 heavy (non-hydrogen) atoms. The van der Waals surface area contributed by atoms with E-state index < -0.39 is 5.97 Å². The summed E-state index contributed by atoms with van der Waals surface area (Å²) in [7, 11) is 0. The Bertz CT molecular complexity index is 325. The summed E-state index contributed by atoms with van der Waals surface area (Å²) in [5.74, 6) is -1.02. The van der Waals surface area contributed by atoms with E-state index in [9.17, 15) is 15.0 Å². The zero-order chi connectivity index (χ0) is 17.7. The molecule has 0 aliphatic heterocycles. The van der Waals surface area contributed by atoms with E-state index >= 15 is 0 Å². The van der Waals surface area contributed by atoms with Crippen molar-refractivity contribution in [1.29, 1.82) is 0 Å². The molecule has 4 heteroatoms. The fourth-order valence-corrected chi connectivity index (χ4v) is 3.56. The number of quaternary nitrogens is 1. The third-order valence-electron chi connectivity index (χ3n) is 4.64. The van der Waals surface area contributed by atoms with Crippen molar-refractivity contribution >= 4 is 5.97 Å². The second kappa shape index (κ2) is 12.5. The minimum absolute atomic E-state index is 0.318. The van der Waals surface area contributed by atoms with Gasteiger partial charge in [-0.15, -0.1) is 6.58 Å². The molecule has 2 unspecified atom stereocenters. The monoisotopic (exact) mass is 328 g/mol. The van der Waals surface area contributed by atoms with Gasteiger partial charge >= 0.3 is 5.97 Å². The van der Waals surface area contributed by atoms with Crippen LogP contribution in [0.5, 0.6) is 0 Å². The van der Waals surface area contributed by atoms with Gasteiger partial charge in [0.15, 0.2) is 0 Å². The molecule has 136 valence electrons. The van der Waals surface area contributed by atoms with E-state index in [-0.39, 0.29) is 12.0 Å². The first kappa shape index (κ1) is 22.1. The van der Waals surface area contributed by atoms with Crippen molar-refractivity contribution in [3.63, 3.8) is 0 Å². The Labute approximate surface area is 142 Å². The van der Waals surface area contributed by atoms with Gasteiger partial charge in [0.25, 0.3) is 0 Å². The van der Waals surface area contributed by atoms with Crippen LogP contribution in [0.3, 0.4) is 0 Å². The molecule has 2 atom stereocenters. The molecule has 0 radical (unpaired) electrons. The summed E-state index contributed by atoms with van der Waals surface area (Å²) < 4.78 is 0.737. The van der Waals surface area contributed by atoms with E-state index in [2.05, 4.69) is 20.4 Å². The number of nitrogens with zero attached hydrogens (tertiary/aromatic N) is 1. The highest BCUT2D eigenvalue weighted by atomic mass is 16.4. The van der Waals surface area contributed by atoms with Gasteiger partial charge in [-0.25, -0.2) is 0 Å². The Morgan fingerprint density at radius 2 is 1.74 bits per heavy atom. The first-order valence-electron chi connectivity index (χ1n) is 9.31. The zero-order valence-corrected chi connectivity index (χ0v) is 15.5. The smallest absolute Gasteiger partial charge is 0.312 e. The Morgan fingerprint density at radius 1 is 1.13 bits per heavy atom. The van der Waals surface area contributed by atoms with Gasteiger partial charge < -0.3 is 14.7 Å². The zero-order valence-electron chi connectivity index (χ0n) is 15.5. The highest BCUT2D eigenvalue weighted by Crippen LogP contribution is 2.20. The van der Waals surface area contributed by atoms with Crippen LogP contribution in [0.15, 0.2) is 12.7 Å². The molecule has 0 amide bonds. The number of carbonyl (C=O) groups is 1. The molecule has 0 aliphatic rings. The van der Waals surface area contributed by atoms with Crippen molar-refractivity contribution < 1.29 is 19.5 Å². The number of hydrogen-bond donors (Lipinski definition) is 2. The number of allylic oxidation sites excluding steroid dienone is 1. The molecule has 0 aromatic heterocycles. The van der Waals surface area contributed by atoms with Crippen LogP contribution in [0.2, 0.25) is 0 Å². The first-order valence-corrected chi connectivity index (χ1v) is 9.31. The van der Waals surface area contributed by atoms with Gasteiger partial charge in [0.2, 0.25) is 0 Å². The molecule has 0 aromatic rings. The maximum atomic E-state index is 11.5. The number of unbranched alkanes of at least 4 members (excludes halogenated alkanes) is 2. The van der Waals surface area contributed by atoms with Gasteiger partial charge in [-0.1, -0.05) is 33.3 Å². The maximum Gasteiger partial charge on any atom is 0.312 e. The highest BCUT2D eigenvalue weighted by Gasteiger charge is 2.34. The molecule has 2 N–H and O–H groups in total. The molecule has 0 fully saturated rings. The summed E-state index contributed by atoms with van der Waals surface area (Å²) in [6, 6.07) is 0. The number of carboxylic acid groups (broad SMARTS) is 1. The summed E-state index contributed by atoms with van der Waals surface area (Å²) in [5, 5.41) is 19.9. The van der Waals surface area contributed by atoms with Crippen LogP contribution in [-0.4, -0.2) is 52.9 Å². The van der Waals surface area contributed by atoms with Crippen molar-refractivity contribution in [1.82, 2.24) is 0 Å². The third kappa shape index (κ3) is 9.11. The summed E-state index contributed by atoms with van der Waals surface area (Å²) in [5.41, 5.74) is 0. The molecule has 0 bridgehead atoms. The van der Waals surface area contributed by atoms with Gasteiger partial charge in [0.1, 0.15) is 18.6 Å². The Morgan fingerprint density at radius 3 is 2.17 bits per heavy atom. The van der Waals surface area contributed by atoms with Crippen molar-refractivity contribution in [3.05, 3.63) is 12.7 Å². The highest BCUT2D eigenvalue weighted by molar-refractivity contribution is 5.69. The summed E-state index contributed by atoms with van der Waals surface area (Å²) in [6.45, 7) is 13.2. The first-order chi connectivity index (χ1) is 10.9. The minimum atomic E-state index is -0.706. The SMILES string of the molecule is C=CCCCCC(O)C[N+](CCC)(CCC)CC(CC)C(=O)O. The summed E-state index contributed by atoms with van der Waals surface area (Å²) >= 11 is 0. The molecule has 0 aromatic carbocycles. The maximum absolute atomic E-state index is 11.5. The molecule has 0 spiro atoms. The lowest BCUT2D eigenvalue weighted by Crippen LogP contribution is -2.56. The Kier molecular flexibility index (Phi) is 12.1. The third-order valence-corrected chi connectivity index (χ3v) is 4.64. The van der Waals surface area contributed by atoms with Crippen LogP contribution in [0, 0.1) is 5.92 Å². The molecular weight excluding hydrogens is 290 g/mol. The lowest BCUT2D eigenvalue weighted by atomic mass is 10.0. The molecular formula is C19H38NO3+. The van der Waals surface area contributed by atoms with Crippen LogP contribution in [0.25, 0.3) is 0 Å². The lowest BCUT2D eigenvalue weighted by Gasteiger charge is -2.41.